The quantitative estimate of drug-likeness (QED) is 0.624. The van der Waals surface area contributed by atoms with Crippen molar-refractivity contribution in [1.29, 1.82) is 0 Å². The van der Waals surface area contributed by atoms with E-state index in [-0.39, 0.29) is 0 Å². The Labute approximate surface area is 73.6 Å². The second-order valence-corrected chi connectivity index (χ2v) is 3.83. The molecule has 0 aromatic heterocycles. The molecule has 0 spiro atoms. The average Bonchev–Trinajstić information content (AvgIpc) is 2.27. The maximum Gasteiger partial charge on any atom is 0.108 e. The fraction of sp³-hybridized carbons (Fsp3) is 0.333. The second-order valence-electron chi connectivity index (χ2n) is 2.92. The van der Waals surface area contributed by atoms with E-state index in [1.165, 1.54) is 5.56 Å². The summed E-state index contributed by atoms with van der Waals surface area (Å²) < 4.78 is 13.9. The van der Waals surface area contributed by atoms with Gasteiger partial charge < -0.3 is 0 Å². The number of benzene rings is 1. The van der Waals surface area contributed by atoms with E-state index in [4.69, 9.17) is 0 Å². The van der Waals surface area contributed by atoms with Crippen LogP contribution in [0, 0.1) is 0 Å². The van der Waals surface area contributed by atoms with E-state index < -0.39 is 6.17 Å². The summed E-state index contributed by atoms with van der Waals surface area (Å²) in [6.45, 7) is 0. The number of fused-ring (bicyclic) bond motifs is 1. The van der Waals surface area contributed by atoms with Crippen LogP contribution in [0.15, 0.2) is 22.7 Å². The van der Waals surface area contributed by atoms with Crippen LogP contribution in [0.25, 0.3) is 0 Å². The minimum absolute atomic E-state index is 0.592. The monoisotopic (exact) mass is 214 g/mol. The molecule has 0 amide bonds. The first-order valence-electron chi connectivity index (χ1n) is 3.67. The van der Waals surface area contributed by atoms with Gasteiger partial charge in [0.05, 0.1) is 0 Å². The Bertz CT molecular complexity index is 283. The van der Waals surface area contributed by atoms with Gasteiger partial charge in [0.25, 0.3) is 0 Å². The molecule has 1 unspecified atom stereocenters. The largest absolute Gasteiger partial charge is 0.247 e. The molecule has 1 aromatic rings. The molecule has 0 heterocycles. The van der Waals surface area contributed by atoms with Crippen molar-refractivity contribution >= 4 is 15.9 Å². The molecule has 2 rings (SSSR count). The van der Waals surface area contributed by atoms with Crippen LogP contribution in [0.4, 0.5) is 4.39 Å². The Kier molecular flexibility index (Phi) is 1.72. The van der Waals surface area contributed by atoms with Gasteiger partial charge in [-0.1, -0.05) is 22.0 Å². The van der Waals surface area contributed by atoms with Gasteiger partial charge in [0.15, 0.2) is 0 Å². The Morgan fingerprint density at radius 2 is 2.00 bits per heavy atom. The Morgan fingerprint density at radius 3 is 2.82 bits per heavy atom. The molecule has 11 heavy (non-hydrogen) atoms. The first-order valence-corrected chi connectivity index (χ1v) is 4.46. The van der Waals surface area contributed by atoms with E-state index in [0.717, 1.165) is 10.0 Å². The zero-order valence-corrected chi connectivity index (χ0v) is 7.57. The van der Waals surface area contributed by atoms with Crippen molar-refractivity contribution in [3.05, 3.63) is 33.8 Å². The average molecular weight is 215 g/mol. The molecule has 0 N–H and O–H groups in total. The van der Waals surface area contributed by atoms with Gasteiger partial charge in [-0.2, -0.15) is 0 Å². The Morgan fingerprint density at radius 1 is 1.27 bits per heavy atom. The van der Waals surface area contributed by atoms with Crippen molar-refractivity contribution in [2.75, 3.05) is 0 Å². The standard InChI is InChI=1S/C9H8BrF/c10-8-2-1-6-4-9(11)5-7(6)3-8/h1-3,9H,4-5H2. The summed E-state index contributed by atoms with van der Waals surface area (Å²) in [7, 11) is 0. The molecule has 0 nitrogen and oxygen atoms in total. The fourth-order valence-electron chi connectivity index (χ4n) is 1.53. The van der Waals surface area contributed by atoms with Gasteiger partial charge in [-0.15, -0.1) is 0 Å². The van der Waals surface area contributed by atoms with Gasteiger partial charge in [-0.05, 0) is 23.3 Å². The third kappa shape index (κ3) is 1.32. The number of rotatable bonds is 0. The number of hydrogen-bond acceptors (Lipinski definition) is 0. The molecule has 0 radical (unpaired) electrons. The molecule has 0 bridgehead atoms. The van der Waals surface area contributed by atoms with Crippen molar-refractivity contribution in [1.82, 2.24) is 0 Å². The van der Waals surface area contributed by atoms with Crippen LogP contribution in [-0.4, -0.2) is 6.17 Å². The zero-order valence-electron chi connectivity index (χ0n) is 5.98. The van der Waals surface area contributed by atoms with E-state index in [9.17, 15) is 4.39 Å². The molecular formula is C9H8BrF. The molecule has 0 saturated heterocycles. The molecule has 0 fully saturated rings. The normalized spacial score (nSPS) is 21.8. The van der Waals surface area contributed by atoms with Gasteiger partial charge in [0, 0.05) is 17.3 Å². The smallest absolute Gasteiger partial charge is 0.108 e. The van der Waals surface area contributed by atoms with E-state index in [2.05, 4.69) is 15.9 Å². The summed E-state index contributed by atoms with van der Waals surface area (Å²) >= 11 is 3.36. The van der Waals surface area contributed by atoms with Crippen molar-refractivity contribution in [3.8, 4) is 0 Å². The highest BCUT2D eigenvalue weighted by molar-refractivity contribution is 9.10. The van der Waals surface area contributed by atoms with Crippen LogP contribution < -0.4 is 0 Å². The van der Waals surface area contributed by atoms with Crippen LogP contribution in [-0.2, 0) is 12.8 Å². The minimum Gasteiger partial charge on any atom is -0.247 e. The number of alkyl halides is 1. The van der Waals surface area contributed by atoms with Gasteiger partial charge in [0.2, 0.25) is 0 Å². The van der Waals surface area contributed by atoms with Crippen molar-refractivity contribution in [3.63, 3.8) is 0 Å². The molecular weight excluding hydrogens is 207 g/mol. The fourth-order valence-corrected chi connectivity index (χ4v) is 1.94. The highest BCUT2D eigenvalue weighted by Crippen LogP contribution is 2.26. The minimum atomic E-state index is -0.653. The second kappa shape index (κ2) is 2.59. The van der Waals surface area contributed by atoms with E-state index in [1.54, 1.807) is 0 Å². The SMILES string of the molecule is FC1Cc2ccc(Br)cc2C1. The Balaban J connectivity index is 2.43. The molecule has 0 saturated carbocycles. The lowest BCUT2D eigenvalue weighted by molar-refractivity contribution is 0.349. The summed E-state index contributed by atoms with van der Waals surface area (Å²) in [5.41, 5.74) is 2.33. The maximum atomic E-state index is 12.8. The van der Waals surface area contributed by atoms with E-state index >= 15 is 0 Å². The van der Waals surface area contributed by atoms with Crippen molar-refractivity contribution in [2.24, 2.45) is 0 Å². The third-order valence-electron chi connectivity index (χ3n) is 2.05. The molecule has 2 heteroatoms. The lowest BCUT2D eigenvalue weighted by atomic mass is 10.1. The topological polar surface area (TPSA) is 0 Å². The predicted molar refractivity (Wildman–Crippen MR) is 46.4 cm³/mol. The van der Waals surface area contributed by atoms with Gasteiger partial charge in [0.1, 0.15) is 6.17 Å². The molecule has 1 aliphatic carbocycles. The molecule has 1 aromatic carbocycles. The van der Waals surface area contributed by atoms with E-state index in [0.29, 0.717) is 12.8 Å². The molecule has 1 aliphatic rings. The van der Waals surface area contributed by atoms with E-state index in [1.807, 2.05) is 18.2 Å². The number of halogens is 2. The number of hydrogen-bond donors (Lipinski definition) is 0. The summed E-state index contributed by atoms with van der Waals surface area (Å²) in [6, 6.07) is 5.98. The highest BCUT2D eigenvalue weighted by Gasteiger charge is 2.20. The first kappa shape index (κ1) is 7.29. The summed E-state index contributed by atoms with van der Waals surface area (Å²) in [5, 5.41) is 0. The molecule has 1 atom stereocenters. The lowest BCUT2D eigenvalue weighted by Gasteiger charge is -1.96. The predicted octanol–water partition coefficient (Wildman–Crippen LogP) is 2.89. The summed E-state index contributed by atoms with van der Waals surface area (Å²) in [5.74, 6) is 0. The lowest BCUT2D eigenvalue weighted by Crippen LogP contribution is -1.95. The highest BCUT2D eigenvalue weighted by atomic mass is 79.9. The van der Waals surface area contributed by atoms with Gasteiger partial charge >= 0.3 is 0 Å². The summed E-state index contributed by atoms with van der Waals surface area (Å²) in [4.78, 5) is 0. The van der Waals surface area contributed by atoms with Crippen LogP contribution in [0.5, 0.6) is 0 Å². The van der Waals surface area contributed by atoms with Crippen LogP contribution in [0.3, 0.4) is 0 Å². The van der Waals surface area contributed by atoms with Gasteiger partial charge in [-0.3, -0.25) is 0 Å². The third-order valence-corrected chi connectivity index (χ3v) is 2.54. The van der Waals surface area contributed by atoms with Crippen molar-refractivity contribution in [2.45, 2.75) is 19.0 Å². The zero-order chi connectivity index (χ0) is 7.84. The molecule has 58 valence electrons. The maximum absolute atomic E-state index is 12.8. The van der Waals surface area contributed by atoms with Crippen molar-refractivity contribution < 1.29 is 4.39 Å². The summed E-state index contributed by atoms with van der Waals surface area (Å²) in [6.07, 6.45) is 0.538. The first-order chi connectivity index (χ1) is 5.25. The Hall–Kier alpha value is -0.370. The van der Waals surface area contributed by atoms with Crippen LogP contribution in [0.1, 0.15) is 11.1 Å². The van der Waals surface area contributed by atoms with Crippen LogP contribution >= 0.6 is 15.9 Å². The van der Waals surface area contributed by atoms with Crippen LogP contribution in [0.2, 0.25) is 0 Å². The molecule has 0 aliphatic heterocycles. The van der Waals surface area contributed by atoms with Gasteiger partial charge in [-0.25, -0.2) is 4.39 Å².